The summed E-state index contributed by atoms with van der Waals surface area (Å²) >= 11 is 7.21. The molecular weight excluding hydrogens is 324 g/mol. The van der Waals surface area contributed by atoms with Crippen LogP contribution in [0.3, 0.4) is 0 Å². The molecule has 114 valence electrons. The van der Waals surface area contributed by atoms with Crippen LogP contribution in [0.2, 0.25) is 5.02 Å². The highest BCUT2D eigenvalue weighted by Gasteiger charge is 2.07. The number of para-hydroxylation sites is 1. The van der Waals surface area contributed by atoms with Crippen LogP contribution >= 0.6 is 23.4 Å². The molecule has 0 saturated heterocycles. The highest BCUT2D eigenvalue weighted by Crippen LogP contribution is 2.21. The Morgan fingerprint density at radius 1 is 1.14 bits per heavy atom. The summed E-state index contributed by atoms with van der Waals surface area (Å²) in [6.45, 7) is 1.39. The summed E-state index contributed by atoms with van der Waals surface area (Å²) in [5.41, 5.74) is 0.571. The number of nitrogens with one attached hydrogen (secondary N) is 2. The summed E-state index contributed by atoms with van der Waals surface area (Å²) in [4.78, 5) is 22.7. The Hall–Kier alpha value is -2.12. The Balaban J connectivity index is 1.86. The summed E-state index contributed by atoms with van der Waals surface area (Å²) in [6, 6.07) is 10.3. The van der Waals surface area contributed by atoms with E-state index in [1.165, 1.54) is 18.7 Å². The molecule has 0 aliphatic rings. The Morgan fingerprint density at radius 3 is 2.55 bits per heavy atom. The highest BCUT2D eigenvalue weighted by molar-refractivity contribution is 7.99. The van der Waals surface area contributed by atoms with Crippen molar-refractivity contribution in [3.05, 3.63) is 41.4 Å². The maximum absolute atomic E-state index is 11.9. The van der Waals surface area contributed by atoms with Crippen molar-refractivity contribution in [3.63, 3.8) is 0 Å². The van der Waals surface area contributed by atoms with Crippen LogP contribution < -0.4 is 10.6 Å². The van der Waals surface area contributed by atoms with Crippen LogP contribution in [0.5, 0.6) is 0 Å². The lowest BCUT2D eigenvalue weighted by atomic mass is 10.3. The van der Waals surface area contributed by atoms with Crippen LogP contribution in [0, 0.1) is 0 Å². The van der Waals surface area contributed by atoms with Gasteiger partial charge < -0.3 is 10.6 Å². The molecule has 0 spiro atoms. The number of aromatic nitrogens is 2. The molecule has 0 bridgehead atoms. The molecule has 0 saturated carbocycles. The molecule has 6 nitrogen and oxygen atoms in total. The monoisotopic (exact) mass is 336 g/mol. The lowest BCUT2D eigenvalue weighted by Crippen LogP contribution is -2.14. The van der Waals surface area contributed by atoms with Gasteiger partial charge in [0.2, 0.25) is 11.8 Å². The van der Waals surface area contributed by atoms with E-state index in [1.54, 1.807) is 36.4 Å². The average molecular weight is 337 g/mol. The van der Waals surface area contributed by atoms with Crippen molar-refractivity contribution in [2.45, 2.75) is 11.9 Å². The molecule has 0 aliphatic carbocycles. The number of nitrogens with zero attached hydrogens (tertiary/aromatic N) is 2. The van der Waals surface area contributed by atoms with Crippen LogP contribution in [-0.2, 0) is 9.59 Å². The van der Waals surface area contributed by atoms with Gasteiger partial charge in [-0.25, -0.2) is 0 Å². The van der Waals surface area contributed by atoms with Crippen LogP contribution in [0.25, 0.3) is 0 Å². The Kier molecular flexibility index (Phi) is 5.74. The third kappa shape index (κ3) is 5.01. The Bertz CT molecular complexity index is 679. The smallest absolute Gasteiger partial charge is 0.234 e. The first-order chi connectivity index (χ1) is 10.5. The van der Waals surface area contributed by atoms with E-state index in [0.717, 1.165) is 0 Å². The van der Waals surface area contributed by atoms with Crippen LogP contribution in [0.4, 0.5) is 11.5 Å². The second kappa shape index (κ2) is 7.77. The normalized spacial score (nSPS) is 10.1. The van der Waals surface area contributed by atoms with Gasteiger partial charge in [0.05, 0.1) is 16.5 Å². The van der Waals surface area contributed by atoms with E-state index >= 15 is 0 Å². The molecule has 22 heavy (non-hydrogen) atoms. The number of benzene rings is 1. The first-order valence-corrected chi connectivity index (χ1v) is 7.69. The summed E-state index contributed by atoms with van der Waals surface area (Å²) in [7, 11) is 0. The largest absolute Gasteiger partial charge is 0.324 e. The second-order valence-electron chi connectivity index (χ2n) is 4.25. The van der Waals surface area contributed by atoms with E-state index in [2.05, 4.69) is 20.8 Å². The molecule has 2 amide bonds. The van der Waals surface area contributed by atoms with Crippen molar-refractivity contribution >= 4 is 46.7 Å². The van der Waals surface area contributed by atoms with Crippen molar-refractivity contribution in [2.24, 2.45) is 0 Å². The predicted octanol–water partition coefficient (Wildman–Crippen LogP) is 2.82. The van der Waals surface area contributed by atoms with Gasteiger partial charge in [-0.05, 0) is 24.3 Å². The van der Waals surface area contributed by atoms with Crippen molar-refractivity contribution in [1.29, 1.82) is 0 Å². The number of anilines is 2. The van der Waals surface area contributed by atoms with Crippen molar-refractivity contribution in [1.82, 2.24) is 10.2 Å². The van der Waals surface area contributed by atoms with E-state index in [-0.39, 0.29) is 17.6 Å². The predicted molar refractivity (Wildman–Crippen MR) is 87.1 cm³/mol. The highest BCUT2D eigenvalue weighted by atomic mass is 35.5. The zero-order chi connectivity index (χ0) is 15.9. The van der Waals surface area contributed by atoms with Gasteiger partial charge >= 0.3 is 0 Å². The van der Waals surface area contributed by atoms with E-state index in [1.807, 2.05) is 0 Å². The molecule has 8 heteroatoms. The zero-order valence-electron chi connectivity index (χ0n) is 11.7. The quantitative estimate of drug-likeness (QED) is 0.820. The van der Waals surface area contributed by atoms with Gasteiger partial charge in [0.1, 0.15) is 5.03 Å². The molecule has 2 rings (SSSR count). The minimum atomic E-state index is -0.214. The number of hydrogen-bond donors (Lipinski definition) is 2. The SMILES string of the molecule is CC(=O)Nc1ccc(SCC(=O)Nc2ccccc2Cl)nn1. The lowest BCUT2D eigenvalue weighted by molar-refractivity contribution is -0.114. The molecule has 0 unspecified atom stereocenters. The molecular formula is C14H13ClN4O2S. The number of hydrogen-bond acceptors (Lipinski definition) is 5. The third-order valence-electron chi connectivity index (χ3n) is 2.44. The molecule has 2 aromatic rings. The van der Waals surface area contributed by atoms with E-state index in [9.17, 15) is 9.59 Å². The molecule has 1 aromatic carbocycles. The summed E-state index contributed by atoms with van der Waals surface area (Å²) < 4.78 is 0. The zero-order valence-corrected chi connectivity index (χ0v) is 13.2. The molecule has 0 radical (unpaired) electrons. The van der Waals surface area contributed by atoms with Crippen LogP contribution in [-0.4, -0.2) is 27.8 Å². The fraction of sp³-hybridized carbons (Fsp3) is 0.143. The van der Waals surface area contributed by atoms with E-state index in [4.69, 9.17) is 11.6 Å². The first kappa shape index (κ1) is 16.3. The number of carbonyl (C=O) groups is 2. The third-order valence-corrected chi connectivity index (χ3v) is 3.69. The van der Waals surface area contributed by atoms with Crippen LogP contribution in [0.15, 0.2) is 41.4 Å². The molecule has 0 fully saturated rings. The second-order valence-corrected chi connectivity index (χ2v) is 5.66. The minimum Gasteiger partial charge on any atom is -0.324 e. The molecule has 1 aromatic heterocycles. The molecule has 0 atom stereocenters. The lowest BCUT2D eigenvalue weighted by Gasteiger charge is -2.06. The van der Waals surface area contributed by atoms with Gasteiger partial charge in [0, 0.05) is 6.92 Å². The van der Waals surface area contributed by atoms with Gasteiger partial charge in [-0.15, -0.1) is 10.2 Å². The number of thioether (sulfide) groups is 1. The molecule has 2 N–H and O–H groups in total. The van der Waals surface area contributed by atoms with Gasteiger partial charge in [0.15, 0.2) is 5.82 Å². The van der Waals surface area contributed by atoms with Crippen molar-refractivity contribution in [2.75, 3.05) is 16.4 Å². The van der Waals surface area contributed by atoms with E-state index in [0.29, 0.717) is 21.6 Å². The summed E-state index contributed by atoms with van der Waals surface area (Å²) in [5, 5.41) is 14.1. The Morgan fingerprint density at radius 2 is 1.91 bits per heavy atom. The summed E-state index contributed by atoms with van der Waals surface area (Å²) in [6.07, 6.45) is 0. The number of halogens is 1. The van der Waals surface area contributed by atoms with Crippen molar-refractivity contribution < 1.29 is 9.59 Å². The van der Waals surface area contributed by atoms with Gasteiger partial charge in [-0.3, -0.25) is 9.59 Å². The van der Waals surface area contributed by atoms with Gasteiger partial charge in [-0.2, -0.15) is 0 Å². The summed E-state index contributed by atoms with van der Waals surface area (Å²) in [5.74, 6) is 0.149. The Labute approximate surface area is 136 Å². The maximum Gasteiger partial charge on any atom is 0.234 e. The van der Waals surface area contributed by atoms with Gasteiger partial charge in [-0.1, -0.05) is 35.5 Å². The number of rotatable bonds is 5. The standard InChI is InChI=1S/C14H13ClN4O2S/c1-9(20)16-12-6-7-14(19-18-12)22-8-13(21)17-11-5-3-2-4-10(11)15/h2-7H,8H2,1H3,(H,17,21)(H,16,18,20). The topological polar surface area (TPSA) is 84.0 Å². The fourth-order valence-corrected chi connectivity index (χ4v) is 2.33. The van der Waals surface area contributed by atoms with E-state index < -0.39 is 0 Å². The first-order valence-electron chi connectivity index (χ1n) is 6.33. The molecule has 0 aliphatic heterocycles. The number of carbonyl (C=O) groups excluding carboxylic acids is 2. The van der Waals surface area contributed by atoms with Crippen LogP contribution in [0.1, 0.15) is 6.92 Å². The average Bonchev–Trinajstić information content (AvgIpc) is 2.48. The van der Waals surface area contributed by atoms with Gasteiger partial charge in [0.25, 0.3) is 0 Å². The maximum atomic E-state index is 11.9. The fourth-order valence-electron chi connectivity index (χ4n) is 1.53. The molecule has 1 heterocycles. The number of amides is 2. The minimum absolute atomic E-state index is 0.180. The van der Waals surface area contributed by atoms with Crippen molar-refractivity contribution in [3.8, 4) is 0 Å².